The van der Waals surface area contributed by atoms with Crippen molar-refractivity contribution >= 4 is 46.4 Å². The Kier molecular flexibility index (Phi) is 5.42. The monoisotopic (exact) mass is 379 g/mol. The molecule has 1 N–H and O–H groups in total. The molecule has 0 saturated carbocycles. The third kappa shape index (κ3) is 3.71. The zero-order valence-corrected chi connectivity index (χ0v) is 15.0. The van der Waals surface area contributed by atoms with Crippen LogP contribution in [0.25, 0.3) is 11.6 Å². The summed E-state index contributed by atoms with van der Waals surface area (Å²) in [7, 11) is 0. The van der Waals surface area contributed by atoms with Crippen LogP contribution in [-0.2, 0) is 16.0 Å². The molecule has 0 saturated heterocycles. The molecule has 3 nitrogen and oxygen atoms in total. The van der Waals surface area contributed by atoms with Crippen molar-refractivity contribution in [1.29, 1.82) is 0 Å². The van der Waals surface area contributed by atoms with Crippen LogP contribution in [0.1, 0.15) is 23.6 Å². The molecule has 0 aromatic heterocycles. The van der Waals surface area contributed by atoms with Gasteiger partial charge in [0.1, 0.15) is 5.82 Å². The largest absolute Gasteiger partial charge is 0.381 e. The lowest BCUT2D eigenvalue weighted by Crippen LogP contribution is -2.04. The molecular weight excluding hydrogens is 364 g/mol. The first kappa shape index (κ1) is 17.9. The standard InChI is InChI=1S/C19H16Cl2FNO2/c1-2-25-8-7-12-10-15(20)17(21)18-16(12)14(19(24)23-18)9-11-3-5-13(22)6-4-11/h3-6,9-10H,2,7-8H2,1H3,(H,23,24)/b14-9-. The van der Waals surface area contributed by atoms with E-state index in [1.807, 2.05) is 6.92 Å². The topological polar surface area (TPSA) is 38.3 Å². The molecular formula is C19H16Cl2FNO2. The number of amides is 1. The number of anilines is 1. The number of carbonyl (C=O) groups excluding carboxylic acids is 1. The fraction of sp³-hybridized carbons (Fsp3) is 0.211. The first-order valence-corrected chi connectivity index (χ1v) is 8.64. The van der Waals surface area contributed by atoms with Crippen LogP contribution >= 0.6 is 23.2 Å². The molecule has 0 atom stereocenters. The Morgan fingerprint density at radius 1 is 1.24 bits per heavy atom. The molecule has 0 radical (unpaired) electrons. The minimum Gasteiger partial charge on any atom is -0.381 e. The highest BCUT2D eigenvalue weighted by atomic mass is 35.5. The van der Waals surface area contributed by atoms with E-state index < -0.39 is 0 Å². The zero-order valence-electron chi connectivity index (χ0n) is 13.5. The van der Waals surface area contributed by atoms with Crippen LogP contribution in [0.4, 0.5) is 10.1 Å². The van der Waals surface area contributed by atoms with Crippen LogP contribution in [0.2, 0.25) is 10.0 Å². The Morgan fingerprint density at radius 3 is 2.64 bits per heavy atom. The molecule has 0 fully saturated rings. The Hall–Kier alpha value is -1.88. The number of ether oxygens (including phenoxy) is 1. The molecule has 130 valence electrons. The Labute approximate surface area is 155 Å². The maximum Gasteiger partial charge on any atom is 0.256 e. The molecule has 25 heavy (non-hydrogen) atoms. The van der Waals surface area contributed by atoms with E-state index in [1.165, 1.54) is 12.1 Å². The van der Waals surface area contributed by atoms with Crippen molar-refractivity contribution < 1.29 is 13.9 Å². The Bertz CT molecular complexity index is 847. The number of carbonyl (C=O) groups is 1. The molecule has 1 heterocycles. The summed E-state index contributed by atoms with van der Waals surface area (Å²) >= 11 is 12.5. The second kappa shape index (κ2) is 7.56. The maximum absolute atomic E-state index is 13.1. The fourth-order valence-corrected chi connectivity index (χ4v) is 3.21. The third-order valence-corrected chi connectivity index (χ3v) is 4.74. The molecule has 3 rings (SSSR count). The number of hydrogen-bond donors (Lipinski definition) is 1. The van der Waals surface area contributed by atoms with Crippen molar-refractivity contribution in [3.05, 3.63) is 62.9 Å². The highest BCUT2D eigenvalue weighted by Gasteiger charge is 2.30. The van der Waals surface area contributed by atoms with E-state index in [0.717, 1.165) is 16.7 Å². The van der Waals surface area contributed by atoms with Crippen LogP contribution < -0.4 is 5.32 Å². The molecule has 0 aliphatic carbocycles. The molecule has 0 bridgehead atoms. The van der Waals surface area contributed by atoms with Crippen molar-refractivity contribution in [3.63, 3.8) is 0 Å². The molecule has 2 aromatic carbocycles. The van der Waals surface area contributed by atoms with Gasteiger partial charge in [-0.05, 0) is 48.7 Å². The molecule has 0 unspecified atom stereocenters. The van der Waals surface area contributed by atoms with Gasteiger partial charge in [-0.25, -0.2) is 4.39 Å². The van der Waals surface area contributed by atoms with E-state index in [0.29, 0.717) is 40.9 Å². The van der Waals surface area contributed by atoms with Gasteiger partial charge in [0, 0.05) is 17.7 Å². The minimum atomic E-state index is -0.328. The summed E-state index contributed by atoms with van der Waals surface area (Å²) < 4.78 is 18.5. The van der Waals surface area contributed by atoms with Gasteiger partial charge >= 0.3 is 0 Å². The molecule has 6 heteroatoms. The molecule has 1 amide bonds. The lowest BCUT2D eigenvalue weighted by atomic mass is 9.96. The van der Waals surface area contributed by atoms with E-state index in [-0.39, 0.29) is 11.7 Å². The quantitative estimate of drug-likeness (QED) is 0.572. The number of hydrogen-bond acceptors (Lipinski definition) is 2. The van der Waals surface area contributed by atoms with Crippen molar-refractivity contribution in [3.8, 4) is 0 Å². The van der Waals surface area contributed by atoms with Crippen LogP contribution in [0.15, 0.2) is 30.3 Å². The van der Waals surface area contributed by atoms with Crippen LogP contribution in [0.3, 0.4) is 0 Å². The number of rotatable bonds is 5. The smallest absolute Gasteiger partial charge is 0.256 e. The average Bonchev–Trinajstić information content (AvgIpc) is 2.91. The summed E-state index contributed by atoms with van der Waals surface area (Å²) in [4.78, 5) is 12.5. The van der Waals surface area contributed by atoms with Gasteiger partial charge < -0.3 is 10.1 Å². The number of halogens is 3. The summed E-state index contributed by atoms with van der Waals surface area (Å²) in [6.45, 7) is 3.04. The second-order valence-electron chi connectivity index (χ2n) is 5.59. The number of fused-ring (bicyclic) bond motifs is 1. The summed E-state index contributed by atoms with van der Waals surface area (Å²) in [5.41, 5.74) is 3.32. The van der Waals surface area contributed by atoms with Gasteiger partial charge in [-0.2, -0.15) is 0 Å². The number of nitrogens with one attached hydrogen (secondary N) is 1. The predicted molar refractivity (Wildman–Crippen MR) is 99.6 cm³/mol. The lowest BCUT2D eigenvalue weighted by Gasteiger charge is -2.11. The summed E-state index contributed by atoms with van der Waals surface area (Å²) in [6.07, 6.45) is 2.32. The van der Waals surface area contributed by atoms with E-state index >= 15 is 0 Å². The van der Waals surface area contributed by atoms with Gasteiger partial charge in [-0.15, -0.1) is 0 Å². The van der Waals surface area contributed by atoms with E-state index in [9.17, 15) is 9.18 Å². The van der Waals surface area contributed by atoms with Crippen LogP contribution in [-0.4, -0.2) is 19.1 Å². The summed E-state index contributed by atoms with van der Waals surface area (Å²) in [5, 5.41) is 3.48. The Balaban J connectivity index is 2.08. The second-order valence-corrected chi connectivity index (χ2v) is 6.38. The summed E-state index contributed by atoms with van der Waals surface area (Å²) in [6, 6.07) is 7.70. The van der Waals surface area contributed by atoms with Gasteiger partial charge in [-0.1, -0.05) is 35.3 Å². The third-order valence-electron chi connectivity index (χ3n) is 3.95. The zero-order chi connectivity index (χ0) is 18.0. The van der Waals surface area contributed by atoms with Crippen molar-refractivity contribution in [2.75, 3.05) is 18.5 Å². The Morgan fingerprint density at radius 2 is 1.96 bits per heavy atom. The summed E-state index contributed by atoms with van der Waals surface area (Å²) in [5.74, 6) is -0.591. The van der Waals surface area contributed by atoms with Crippen molar-refractivity contribution in [2.45, 2.75) is 13.3 Å². The normalized spacial score (nSPS) is 14.7. The van der Waals surface area contributed by atoms with Gasteiger partial charge in [0.05, 0.1) is 22.3 Å². The van der Waals surface area contributed by atoms with Crippen molar-refractivity contribution in [2.24, 2.45) is 0 Å². The van der Waals surface area contributed by atoms with Gasteiger partial charge in [0.2, 0.25) is 0 Å². The van der Waals surface area contributed by atoms with Crippen molar-refractivity contribution in [1.82, 2.24) is 0 Å². The first-order chi connectivity index (χ1) is 12.0. The number of benzene rings is 2. The fourth-order valence-electron chi connectivity index (χ4n) is 2.78. The lowest BCUT2D eigenvalue weighted by molar-refractivity contribution is -0.110. The molecule has 1 aliphatic rings. The SMILES string of the molecule is CCOCCc1cc(Cl)c(Cl)c2c1/C(=C/c1ccc(F)cc1)C(=O)N2. The highest BCUT2D eigenvalue weighted by molar-refractivity contribution is 6.47. The van der Waals surface area contributed by atoms with Crippen LogP contribution in [0.5, 0.6) is 0 Å². The van der Waals surface area contributed by atoms with Gasteiger partial charge in [0.15, 0.2) is 0 Å². The molecule has 2 aromatic rings. The molecule has 0 spiro atoms. The molecule has 1 aliphatic heterocycles. The average molecular weight is 380 g/mol. The first-order valence-electron chi connectivity index (χ1n) is 7.89. The van der Waals surface area contributed by atoms with E-state index in [1.54, 1.807) is 24.3 Å². The van der Waals surface area contributed by atoms with E-state index in [2.05, 4.69) is 5.32 Å². The van der Waals surface area contributed by atoms with Crippen LogP contribution in [0, 0.1) is 5.82 Å². The van der Waals surface area contributed by atoms with Gasteiger partial charge in [-0.3, -0.25) is 4.79 Å². The minimum absolute atomic E-state index is 0.263. The van der Waals surface area contributed by atoms with E-state index in [4.69, 9.17) is 27.9 Å². The highest BCUT2D eigenvalue weighted by Crippen LogP contribution is 2.44. The van der Waals surface area contributed by atoms with Gasteiger partial charge in [0.25, 0.3) is 5.91 Å². The maximum atomic E-state index is 13.1. The predicted octanol–water partition coefficient (Wildman–Crippen LogP) is 5.20.